The number of Topliss-reactive ketones (excluding diaryl/α,β-unsaturated/α-hetero) is 1. The third-order valence-electron chi connectivity index (χ3n) is 8.45. The second-order valence-electron chi connectivity index (χ2n) is 13.7. The van der Waals surface area contributed by atoms with Crippen LogP contribution in [0.2, 0.25) is 0 Å². The van der Waals surface area contributed by atoms with Crippen molar-refractivity contribution in [2.24, 2.45) is 11.8 Å². The molecule has 58 heavy (non-hydrogen) atoms. The normalized spacial score (nSPS) is 21.9. The molecule has 19 nitrogen and oxygen atoms in total. The van der Waals surface area contributed by atoms with Crippen LogP contribution in [0.4, 0.5) is 0 Å². The molecule has 0 bridgehead atoms. The van der Waals surface area contributed by atoms with E-state index in [9.17, 15) is 4.79 Å². The summed E-state index contributed by atoms with van der Waals surface area (Å²) < 4.78 is 105. The van der Waals surface area contributed by atoms with Gasteiger partial charge in [0.1, 0.15) is 5.78 Å². The van der Waals surface area contributed by atoms with Gasteiger partial charge >= 0.3 is 0 Å². The lowest BCUT2D eigenvalue weighted by Crippen LogP contribution is -2.51. The summed E-state index contributed by atoms with van der Waals surface area (Å²) in [6, 6.07) is 0. The minimum Gasteiger partial charge on any atom is -0.356 e. The monoisotopic (exact) mass is 851 g/mol. The quantitative estimate of drug-likeness (QED) is 0.0654. The summed E-state index contributed by atoms with van der Waals surface area (Å²) in [6.07, 6.45) is -10.3. The molecule has 14 unspecified atom stereocenters. The standard InChI is InChI=1S/C39H78O19/c1-23(21-38(53-31(9)47-25(3)41-15,54-32(10)48-26(4)42-16)55-33(11)49-27(5)43-17)37(40)24(2)22-39(56-34(12)50-28(6)44-18,57-35(13)51-29(7)45-19)58-36(14)52-30(8)46-20/h23-36H,21-22H2,1-20H3. The Kier molecular flexibility index (Phi) is 28.8. The Hall–Kier alpha value is -1.05. The predicted octanol–water partition coefficient (Wildman–Crippen LogP) is 6.15. The zero-order valence-electron chi connectivity index (χ0n) is 38.8. The van der Waals surface area contributed by atoms with Crippen LogP contribution >= 0.6 is 0 Å². The first kappa shape index (κ1) is 57.0. The van der Waals surface area contributed by atoms with E-state index in [0.29, 0.717) is 0 Å². The third-order valence-corrected chi connectivity index (χ3v) is 8.45. The highest BCUT2D eigenvalue weighted by molar-refractivity contribution is 5.82. The molecule has 0 aliphatic carbocycles. The van der Waals surface area contributed by atoms with Crippen molar-refractivity contribution >= 4 is 5.78 Å². The zero-order chi connectivity index (χ0) is 44.8. The molecule has 0 radical (unpaired) electrons. The van der Waals surface area contributed by atoms with Gasteiger partial charge in [-0.1, -0.05) is 13.8 Å². The van der Waals surface area contributed by atoms with E-state index in [1.54, 1.807) is 96.9 Å². The number of ether oxygens (including phenoxy) is 18. The van der Waals surface area contributed by atoms with E-state index in [4.69, 9.17) is 85.3 Å². The van der Waals surface area contributed by atoms with E-state index in [-0.39, 0.29) is 18.6 Å². The summed E-state index contributed by atoms with van der Waals surface area (Å²) in [5.41, 5.74) is 0. The Balaban J connectivity index is 7.16. The lowest BCUT2D eigenvalue weighted by atomic mass is 9.89. The second kappa shape index (κ2) is 29.3. The molecule has 0 aromatic heterocycles. The molecule has 0 saturated heterocycles. The molecule has 14 atom stereocenters. The van der Waals surface area contributed by atoms with Gasteiger partial charge in [0.2, 0.25) is 0 Å². The maximum Gasteiger partial charge on any atom is 0.290 e. The third kappa shape index (κ3) is 23.2. The Morgan fingerprint density at radius 3 is 0.603 bits per heavy atom. The van der Waals surface area contributed by atoms with Gasteiger partial charge in [-0.2, -0.15) is 0 Å². The molecule has 348 valence electrons. The van der Waals surface area contributed by atoms with Crippen LogP contribution in [0.15, 0.2) is 0 Å². The van der Waals surface area contributed by atoms with Crippen molar-refractivity contribution < 1.29 is 90.1 Å². The van der Waals surface area contributed by atoms with E-state index in [2.05, 4.69) is 0 Å². The number of hydrogen-bond acceptors (Lipinski definition) is 19. The summed E-state index contributed by atoms with van der Waals surface area (Å²) in [6.45, 7) is 23.4. The van der Waals surface area contributed by atoms with Crippen LogP contribution in [0, 0.1) is 11.8 Å². The lowest BCUT2D eigenvalue weighted by Gasteiger charge is -2.42. The number of methoxy groups -OCH3 is 6. The molecule has 0 spiro atoms. The Morgan fingerprint density at radius 1 is 0.310 bits per heavy atom. The number of carbonyl (C=O) groups excluding carboxylic acids is 1. The molecular formula is C39H78O19. The number of hydrogen-bond donors (Lipinski definition) is 0. The Bertz CT molecular complexity index is 878. The molecule has 0 aromatic carbocycles. The minimum absolute atomic E-state index is 0.189. The average molecular weight is 851 g/mol. The number of carbonyl (C=O) groups is 1. The van der Waals surface area contributed by atoms with Gasteiger partial charge in [0, 0.05) is 67.3 Å². The van der Waals surface area contributed by atoms with Gasteiger partial charge in [-0.3, -0.25) is 33.2 Å². The smallest absolute Gasteiger partial charge is 0.290 e. The summed E-state index contributed by atoms with van der Waals surface area (Å²) in [5.74, 6) is -6.00. The lowest BCUT2D eigenvalue weighted by molar-refractivity contribution is -0.483. The topological polar surface area (TPSA) is 183 Å². The number of rotatable bonds is 36. The van der Waals surface area contributed by atoms with Crippen molar-refractivity contribution in [2.75, 3.05) is 42.7 Å². The Labute approximate surface area is 347 Å². The molecule has 0 N–H and O–H groups in total. The maximum atomic E-state index is 14.6. The second-order valence-corrected chi connectivity index (χ2v) is 13.7. The first-order valence-corrected chi connectivity index (χ1v) is 19.7. The molecule has 0 heterocycles. The fraction of sp³-hybridized carbons (Fsp3) is 0.974. The highest BCUT2D eigenvalue weighted by Crippen LogP contribution is 2.36. The van der Waals surface area contributed by atoms with E-state index >= 15 is 0 Å². The largest absolute Gasteiger partial charge is 0.356 e. The number of ketones is 1. The van der Waals surface area contributed by atoms with Crippen molar-refractivity contribution in [2.45, 2.75) is 197 Å². The summed E-state index contributed by atoms with van der Waals surface area (Å²) in [4.78, 5) is 14.6. The first-order valence-electron chi connectivity index (χ1n) is 19.7. The van der Waals surface area contributed by atoms with Crippen LogP contribution in [0.3, 0.4) is 0 Å². The van der Waals surface area contributed by atoms with Crippen molar-refractivity contribution in [1.29, 1.82) is 0 Å². The molecule has 0 aliphatic heterocycles. The van der Waals surface area contributed by atoms with Crippen LogP contribution in [-0.2, 0) is 90.1 Å². The van der Waals surface area contributed by atoms with Crippen molar-refractivity contribution in [3.63, 3.8) is 0 Å². The van der Waals surface area contributed by atoms with Gasteiger partial charge in [-0.05, 0) is 83.1 Å². The molecule has 0 fully saturated rings. The van der Waals surface area contributed by atoms with E-state index < -0.39 is 99.3 Å². The van der Waals surface area contributed by atoms with Crippen molar-refractivity contribution in [3.8, 4) is 0 Å². The highest BCUT2D eigenvalue weighted by atomic mass is 17.0. The molecule has 0 aliphatic rings. The fourth-order valence-electron chi connectivity index (χ4n) is 5.53. The van der Waals surface area contributed by atoms with Crippen LogP contribution in [0.25, 0.3) is 0 Å². The van der Waals surface area contributed by atoms with Crippen LogP contribution < -0.4 is 0 Å². The van der Waals surface area contributed by atoms with Gasteiger partial charge in [-0.15, -0.1) is 0 Å². The van der Waals surface area contributed by atoms with Crippen molar-refractivity contribution in [3.05, 3.63) is 0 Å². The summed E-state index contributed by atoms with van der Waals surface area (Å²) in [7, 11) is 8.93. The Morgan fingerprint density at radius 2 is 0.466 bits per heavy atom. The average Bonchev–Trinajstić information content (AvgIpc) is 3.12. The van der Waals surface area contributed by atoms with E-state index in [0.717, 1.165) is 0 Å². The van der Waals surface area contributed by atoms with Gasteiger partial charge in [0.25, 0.3) is 11.9 Å². The summed E-state index contributed by atoms with van der Waals surface area (Å²) >= 11 is 0. The van der Waals surface area contributed by atoms with E-state index in [1.807, 2.05) is 0 Å². The van der Waals surface area contributed by atoms with Gasteiger partial charge in [0.05, 0.1) is 0 Å². The van der Waals surface area contributed by atoms with Gasteiger partial charge in [0.15, 0.2) is 75.5 Å². The zero-order valence-corrected chi connectivity index (χ0v) is 38.8. The molecule has 0 amide bonds. The molecule has 0 rings (SSSR count). The predicted molar refractivity (Wildman–Crippen MR) is 207 cm³/mol. The first-order chi connectivity index (χ1) is 27.0. The van der Waals surface area contributed by atoms with Crippen LogP contribution in [0.1, 0.15) is 110 Å². The molecule has 0 aromatic rings. The van der Waals surface area contributed by atoms with Crippen LogP contribution in [0.5, 0.6) is 0 Å². The maximum absolute atomic E-state index is 14.6. The molecule has 19 heteroatoms. The van der Waals surface area contributed by atoms with Crippen LogP contribution in [-0.4, -0.2) is 136 Å². The molecule has 0 saturated carbocycles. The minimum atomic E-state index is -2.02. The summed E-state index contributed by atoms with van der Waals surface area (Å²) in [5, 5.41) is 0. The van der Waals surface area contributed by atoms with Crippen molar-refractivity contribution in [1.82, 2.24) is 0 Å². The molecular weight excluding hydrogens is 772 g/mol. The van der Waals surface area contributed by atoms with E-state index in [1.165, 1.54) is 42.7 Å². The fourth-order valence-corrected chi connectivity index (χ4v) is 5.53. The van der Waals surface area contributed by atoms with Gasteiger partial charge in [-0.25, -0.2) is 0 Å². The highest BCUT2D eigenvalue weighted by Gasteiger charge is 2.47. The SMILES string of the molecule is COC(C)OC(C)OC(CC(C)C(=O)C(C)CC(OC(C)OC(C)OC)(OC(C)OC(C)OC)OC(C)OC(C)OC)(OC(C)OC(C)OC)OC(C)OC(C)OC. The van der Waals surface area contributed by atoms with Gasteiger partial charge < -0.3 is 56.8 Å².